The molecule has 0 aromatic rings. The predicted molar refractivity (Wildman–Crippen MR) is 0 cm³/mol. The van der Waals surface area contributed by atoms with Gasteiger partial charge in [0.1, 0.15) is 0 Å². The third-order valence-electron chi connectivity index (χ3n) is 0. The minimum atomic E-state index is -2.85. The fraction of sp³-hybridized carbons (Fsp3) is 0. The van der Waals surface area contributed by atoms with Gasteiger partial charge in [-0.05, 0) is 0 Å². The molecule has 135 valence electrons. The normalized spacial score (nSPS) is 8.57. The van der Waals surface area contributed by atoms with Gasteiger partial charge in [0.05, 0.1) is 53.9 Å². The maximum Gasteiger partial charge on any atom is 0.0695 e. The Balaban J connectivity index is -0.0000000331. The average Bonchev–Trinajstić information content (AvgIpc) is 1.94. The van der Waals surface area contributed by atoms with Gasteiger partial charge in [-0.1, -0.05) is 0 Å². The fourth-order valence-electron chi connectivity index (χ4n) is 0. The van der Waals surface area contributed by atoms with E-state index in [-0.39, 0.29) is 18.6 Å². The van der Waals surface area contributed by atoms with Crippen molar-refractivity contribution in [2.24, 2.45) is 0 Å². The molecule has 0 N–H and O–H groups in total. The van der Waals surface area contributed by atoms with Crippen LogP contribution in [0.3, 0.4) is 0 Å². The molecule has 0 aromatic carbocycles. The predicted octanol–water partition coefficient (Wildman–Crippen LogP) is -17.8. The van der Waals surface area contributed by atoms with Crippen LogP contribution in [0.25, 0.3) is 0 Å². The Morgan fingerprint density at radius 3 is 0.238 bits per heavy atom. The van der Waals surface area contributed by atoms with Crippen LogP contribution in [0.1, 0.15) is 0 Å². The van der Waals surface area contributed by atoms with Crippen molar-refractivity contribution in [2.75, 3.05) is 0 Å². The molecule has 1 radical (unpaired) electrons. The van der Waals surface area contributed by atoms with Gasteiger partial charge < -0.3 is 69.9 Å². The molecule has 0 aliphatic heterocycles. The van der Waals surface area contributed by atoms with Gasteiger partial charge >= 0.3 is 0 Å². The van der Waals surface area contributed by atoms with Crippen LogP contribution in [0, 0.1) is 53.9 Å². The van der Waals surface area contributed by atoms with Gasteiger partial charge in [-0.2, -0.15) is 0 Å². The van der Waals surface area contributed by atoms with Crippen molar-refractivity contribution < 1.29 is 142 Å². The van der Waals surface area contributed by atoms with E-state index < -0.39 is 53.9 Å². The third-order valence-corrected chi connectivity index (χ3v) is 0. The Kier molecular flexibility index (Phi) is 60.2. The van der Waals surface area contributed by atoms with Gasteiger partial charge in [0.15, 0.2) is 0 Å². The van der Waals surface area contributed by atoms with Crippen LogP contribution < -0.4 is 69.9 Å². The quantitative estimate of drug-likeness (QED) is 0.318. The molecule has 15 nitrogen and oxygen atoms in total. The molecule has 0 saturated carbocycles. The van der Waals surface area contributed by atoms with Crippen LogP contribution in [0.2, 0.25) is 0 Å². The molecule has 0 heterocycles. The van der Waals surface area contributed by atoms with E-state index in [2.05, 4.69) is 0 Å². The van der Waals surface area contributed by atoms with E-state index in [4.69, 9.17) is 69.9 Å². The SMILES string of the molecule is [O-][Cl+2]([O-])[O-].[O-][Cl+2]([O-])[O-].[O-][Cl+2]([O-])[O-].[O-][Cl+2]([O-])[O-].[O-][Cl+2]([O-])[O-].[V]. The Hall–Kier alpha value is 1.43. The summed E-state index contributed by atoms with van der Waals surface area (Å²) in [4.78, 5) is 0. The Morgan fingerprint density at radius 1 is 0.238 bits per heavy atom. The zero-order valence-electron chi connectivity index (χ0n) is 8.46. The van der Waals surface area contributed by atoms with E-state index in [1.807, 2.05) is 0 Å². The topological polar surface area (TPSA) is 346 Å². The van der Waals surface area contributed by atoms with Crippen molar-refractivity contribution in [1.82, 2.24) is 0 Å². The van der Waals surface area contributed by atoms with Gasteiger partial charge in [-0.25, -0.2) is 0 Å². The summed E-state index contributed by atoms with van der Waals surface area (Å²) in [5.74, 6) is 0. The first-order valence-electron chi connectivity index (χ1n) is 2.31. The van der Waals surface area contributed by atoms with Crippen LogP contribution in [0.5, 0.6) is 0 Å². The molecule has 0 bridgehead atoms. The third kappa shape index (κ3) is 3930. The molecule has 0 rings (SSSR count). The van der Waals surface area contributed by atoms with Crippen LogP contribution >= 0.6 is 0 Å². The molecule has 0 aromatic heterocycles. The van der Waals surface area contributed by atoms with Gasteiger partial charge in [-0.15, -0.1) is 0 Å². The Morgan fingerprint density at radius 2 is 0.238 bits per heavy atom. The van der Waals surface area contributed by atoms with Crippen molar-refractivity contribution in [1.29, 1.82) is 0 Å². The molecular formula is Cl5O15V-5. The number of hydrogen-bond acceptors (Lipinski definition) is 15. The van der Waals surface area contributed by atoms with Gasteiger partial charge in [-0.3, -0.25) is 0 Å². The van der Waals surface area contributed by atoms with Gasteiger partial charge in [0.2, 0.25) is 0 Å². The van der Waals surface area contributed by atoms with Crippen LogP contribution in [-0.2, 0) is 18.6 Å². The maximum absolute atomic E-state index is 8.41. The van der Waals surface area contributed by atoms with E-state index in [9.17, 15) is 0 Å². The fourth-order valence-corrected chi connectivity index (χ4v) is 0. The summed E-state index contributed by atoms with van der Waals surface area (Å²) in [6.45, 7) is 0. The van der Waals surface area contributed by atoms with Gasteiger partial charge in [0, 0.05) is 18.6 Å². The van der Waals surface area contributed by atoms with E-state index in [1.54, 1.807) is 0 Å². The van der Waals surface area contributed by atoms with Crippen LogP contribution in [0.4, 0.5) is 0 Å². The first-order chi connectivity index (χ1) is 8.66. The molecule has 0 fully saturated rings. The number of halogens is 5. The van der Waals surface area contributed by atoms with Crippen molar-refractivity contribution >= 4 is 0 Å². The Labute approximate surface area is 142 Å². The summed E-state index contributed by atoms with van der Waals surface area (Å²) in [6.07, 6.45) is 0. The Bertz CT molecular complexity index is 80.6. The number of rotatable bonds is 0. The smallest absolute Gasteiger partial charge is 0.0695 e. The largest absolute Gasteiger partial charge is 0.357 e. The van der Waals surface area contributed by atoms with Crippen molar-refractivity contribution in [2.45, 2.75) is 0 Å². The summed E-state index contributed by atoms with van der Waals surface area (Å²) in [6, 6.07) is 0. The van der Waals surface area contributed by atoms with E-state index >= 15 is 0 Å². The molecule has 0 aliphatic carbocycles. The van der Waals surface area contributed by atoms with E-state index in [0.29, 0.717) is 0 Å². The summed E-state index contributed by atoms with van der Waals surface area (Å²) < 4.78 is 126. The zero-order valence-corrected chi connectivity index (χ0v) is 13.6. The monoisotopic (exact) mass is 466 g/mol. The second-order valence-electron chi connectivity index (χ2n) is 0.945. The van der Waals surface area contributed by atoms with Crippen molar-refractivity contribution in [3.8, 4) is 0 Å². The van der Waals surface area contributed by atoms with Crippen molar-refractivity contribution in [3.63, 3.8) is 0 Å². The molecule has 21 heteroatoms. The van der Waals surface area contributed by atoms with Crippen LogP contribution in [0.15, 0.2) is 0 Å². The first kappa shape index (κ1) is 38.2. The molecule has 0 amide bonds. The molecule has 0 aliphatic rings. The number of hydrogen-bond donors (Lipinski definition) is 0. The second kappa shape index (κ2) is 33.1. The molecule has 0 atom stereocenters. The average molecular weight is 468 g/mol. The first-order valence-corrected chi connectivity index (χ1v) is 6.94. The van der Waals surface area contributed by atoms with Gasteiger partial charge in [0.25, 0.3) is 0 Å². The van der Waals surface area contributed by atoms with Crippen LogP contribution in [-0.4, -0.2) is 0 Å². The summed E-state index contributed by atoms with van der Waals surface area (Å²) in [5.41, 5.74) is 0. The molecule has 21 heavy (non-hydrogen) atoms. The standard InChI is InChI=1S/5ClO3.V/c5*2-1(3)4;/q5*-1;. The molecular weight excluding hydrogens is 468 g/mol. The summed E-state index contributed by atoms with van der Waals surface area (Å²) >= 11 is 0. The molecule has 0 unspecified atom stereocenters. The summed E-state index contributed by atoms with van der Waals surface area (Å²) in [5, 5.41) is 0. The molecule has 0 saturated heterocycles. The summed E-state index contributed by atoms with van der Waals surface area (Å²) in [7, 11) is -14.3. The van der Waals surface area contributed by atoms with E-state index in [0.717, 1.165) is 0 Å². The maximum atomic E-state index is 8.41. The van der Waals surface area contributed by atoms with E-state index in [1.165, 1.54) is 0 Å². The minimum Gasteiger partial charge on any atom is -0.357 e. The molecule has 0 spiro atoms. The van der Waals surface area contributed by atoms with Crippen molar-refractivity contribution in [3.05, 3.63) is 0 Å². The zero-order chi connectivity index (χ0) is 17.9. The second-order valence-corrected chi connectivity index (χ2v) is 2.83. The minimum absolute atomic E-state index is 0.